The zero-order valence-electron chi connectivity index (χ0n) is 16.3. The van der Waals surface area contributed by atoms with Crippen molar-refractivity contribution in [1.29, 1.82) is 0 Å². The van der Waals surface area contributed by atoms with Crippen LogP contribution in [-0.2, 0) is 17.1 Å². The maximum Gasteiger partial charge on any atom is 0.242 e. The molecule has 0 unspecified atom stereocenters. The van der Waals surface area contributed by atoms with E-state index in [9.17, 15) is 4.79 Å². The van der Waals surface area contributed by atoms with E-state index in [1.54, 1.807) is 24.2 Å². The molecular formula is C21H25ClN4OS. The number of halogens is 1. The Bertz CT molecular complexity index is 937. The minimum atomic E-state index is 0.122. The van der Waals surface area contributed by atoms with E-state index in [-0.39, 0.29) is 12.5 Å². The lowest BCUT2D eigenvalue weighted by molar-refractivity contribution is -0.132. The SMILES string of the molecule is CCCN(CCC)C(=O)Cn1c(SCc2cccc(Cl)c2)nc2ccncc21. The first kappa shape index (κ1) is 20.7. The number of hydrogen-bond donors (Lipinski definition) is 0. The molecule has 0 saturated carbocycles. The molecule has 0 radical (unpaired) electrons. The molecule has 0 spiro atoms. The molecule has 7 heteroatoms. The minimum absolute atomic E-state index is 0.122. The number of amides is 1. The molecule has 0 aliphatic carbocycles. The second kappa shape index (κ2) is 9.94. The number of nitrogens with zero attached hydrogens (tertiary/aromatic N) is 4. The topological polar surface area (TPSA) is 51.0 Å². The van der Waals surface area contributed by atoms with Crippen LogP contribution in [0.15, 0.2) is 47.9 Å². The van der Waals surface area contributed by atoms with Gasteiger partial charge >= 0.3 is 0 Å². The highest BCUT2D eigenvalue weighted by molar-refractivity contribution is 7.98. The zero-order chi connectivity index (χ0) is 19.9. The summed E-state index contributed by atoms with van der Waals surface area (Å²) >= 11 is 7.71. The number of thioether (sulfide) groups is 1. The van der Waals surface area contributed by atoms with E-state index in [0.29, 0.717) is 0 Å². The maximum atomic E-state index is 12.9. The van der Waals surface area contributed by atoms with E-state index in [4.69, 9.17) is 16.6 Å². The summed E-state index contributed by atoms with van der Waals surface area (Å²) in [4.78, 5) is 23.8. The number of carbonyl (C=O) groups excluding carboxylic acids is 1. The van der Waals surface area contributed by atoms with E-state index >= 15 is 0 Å². The summed E-state index contributed by atoms with van der Waals surface area (Å²) in [6, 6.07) is 9.70. The van der Waals surface area contributed by atoms with Crippen molar-refractivity contribution < 1.29 is 4.79 Å². The van der Waals surface area contributed by atoms with E-state index in [2.05, 4.69) is 18.8 Å². The highest BCUT2D eigenvalue weighted by atomic mass is 35.5. The van der Waals surface area contributed by atoms with Crippen molar-refractivity contribution in [3.8, 4) is 0 Å². The third-order valence-electron chi connectivity index (χ3n) is 4.41. The molecular weight excluding hydrogens is 392 g/mol. The van der Waals surface area contributed by atoms with Crippen molar-refractivity contribution in [2.45, 2.75) is 44.1 Å². The van der Waals surface area contributed by atoms with Crippen LogP contribution in [0.1, 0.15) is 32.3 Å². The number of rotatable bonds is 9. The maximum absolute atomic E-state index is 12.9. The fourth-order valence-corrected chi connectivity index (χ4v) is 4.29. The molecule has 0 atom stereocenters. The molecule has 148 valence electrons. The van der Waals surface area contributed by atoms with E-state index in [1.165, 1.54) is 0 Å². The van der Waals surface area contributed by atoms with Gasteiger partial charge in [0.1, 0.15) is 6.54 Å². The number of aromatic nitrogens is 3. The first-order valence-electron chi connectivity index (χ1n) is 9.57. The molecule has 1 aromatic carbocycles. The zero-order valence-corrected chi connectivity index (χ0v) is 17.8. The van der Waals surface area contributed by atoms with Crippen LogP contribution in [0.5, 0.6) is 0 Å². The molecule has 0 aliphatic heterocycles. The Hall–Kier alpha value is -2.05. The van der Waals surface area contributed by atoms with E-state index in [1.807, 2.05) is 39.8 Å². The van der Waals surface area contributed by atoms with Crippen molar-refractivity contribution in [2.24, 2.45) is 0 Å². The number of fused-ring (bicyclic) bond motifs is 1. The standard InChI is InChI=1S/C21H25ClN4OS/c1-3-10-25(11-4-2)20(27)14-26-19-13-23-9-8-18(19)24-21(26)28-15-16-6-5-7-17(22)12-16/h5-9,12-13H,3-4,10-11,14-15H2,1-2H3. The van der Waals surface area contributed by atoms with Gasteiger partial charge in [-0.1, -0.05) is 49.3 Å². The summed E-state index contributed by atoms with van der Waals surface area (Å²) in [6.45, 7) is 6.03. The number of benzene rings is 1. The average Bonchev–Trinajstić information content (AvgIpc) is 3.04. The molecule has 3 rings (SSSR count). The lowest BCUT2D eigenvalue weighted by atomic mass is 10.2. The van der Waals surface area contributed by atoms with Gasteiger partial charge in [-0.15, -0.1) is 0 Å². The number of pyridine rings is 1. The Balaban J connectivity index is 1.85. The summed E-state index contributed by atoms with van der Waals surface area (Å²) in [7, 11) is 0. The first-order chi connectivity index (χ1) is 13.6. The van der Waals surface area contributed by atoms with Crippen molar-refractivity contribution in [1.82, 2.24) is 19.4 Å². The van der Waals surface area contributed by atoms with Crippen molar-refractivity contribution >= 4 is 40.3 Å². The summed E-state index contributed by atoms with van der Waals surface area (Å²) in [6.07, 6.45) is 5.42. The van der Waals surface area contributed by atoms with Crippen LogP contribution in [0.3, 0.4) is 0 Å². The van der Waals surface area contributed by atoms with Crippen LogP contribution in [0.4, 0.5) is 0 Å². The Labute approximate surface area is 175 Å². The fourth-order valence-electron chi connectivity index (χ4n) is 3.12. The predicted octanol–water partition coefficient (Wildman–Crippen LogP) is 5.03. The predicted molar refractivity (Wildman–Crippen MR) is 116 cm³/mol. The van der Waals surface area contributed by atoms with E-state index in [0.717, 1.165) is 58.5 Å². The molecule has 0 aliphatic rings. The van der Waals surface area contributed by atoms with Gasteiger partial charge in [0.2, 0.25) is 5.91 Å². The first-order valence-corrected chi connectivity index (χ1v) is 10.9. The highest BCUT2D eigenvalue weighted by Gasteiger charge is 2.18. The summed E-state index contributed by atoms with van der Waals surface area (Å²) in [5.41, 5.74) is 2.87. The van der Waals surface area contributed by atoms with Crippen LogP contribution >= 0.6 is 23.4 Å². The van der Waals surface area contributed by atoms with Crippen molar-refractivity contribution in [3.63, 3.8) is 0 Å². The minimum Gasteiger partial charge on any atom is -0.341 e. The Kier molecular flexibility index (Phi) is 7.34. The van der Waals surface area contributed by atoms with Gasteiger partial charge in [-0.3, -0.25) is 9.78 Å². The number of hydrogen-bond acceptors (Lipinski definition) is 4. The Morgan fingerprint density at radius 1 is 1.21 bits per heavy atom. The summed E-state index contributed by atoms with van der Waals surface area (Å²) in [5.74, 6) is 0.857. The molecule has 1 amide bonds. The third-order valence-corrected chi connectivity index (χ3v) is 5.69. The second-order valence-corrected chi connectivity index (χ2v) is 8.02. The van der Waals surface area contributed by atoms with Crippen molar-refractivity contribution in [3.05, 3.63) is 53.3 Å². The lowest BCUT2D eigenvalue weighted by Crippen LogP contribution is -2.35. The van der Waals surface area contributed by atoms with Crippen LogP contribution in [0.25, 0.3) is 11.0 Å². The molecule has 5 nitrogen and oxygen atoms in total. The van der Waals surface area contributed by atoms with Gasteiger partial charge < -0.3 is 9.47 Å². The Morgan fingerprint density at radius 3 is 2.71 bits per heavy atom. The quantitative estimate of drug-likeness (QED) is 0.459. The fraction of sp³-hybridized carbons (Fsp3) is 0.381. The second-order valence-electron chi connectivity index (χ2n) is 6.64. The van der Waals surface area contributed by atoms with Crippen LogP contribution in [0, 0.1) is 0 Å². The van der Waals surface area contributed by atoms with Gasteiger partial charge in [0.25, 0.3) is 0 Å². The van der Waals surface area contributed by atoms with Crippen LogP contribution in [0.2, 0.25) is 5.02 Å². The molecule has 0 saturated heterocycles. The largest absolute Gasteiger partial charge is 0.341 e. The normalized spacial score (nSPS) is 11.1. The average molecular weight is 417 g/mol. The van der Waals surface area contributed by atoms with Gasteiger partial charge in [-0.25, -0.2) is 4.98 Å². The molecule has 0 bridgehead atoms. The third kappa shape index (κ3) is 5.06. The van der Waals surface area contributed by atoms with Crippen LogP contribution < -0.4 is 0 Å². The van der Waals surface area contributed by atoms with Gasteiger partial charge in [0, 0.05) is 30.1 Å². The monoisotopic (exact) mass is 416 g/mol. The van der Waals surface area contributed by atoms with Crippen molar-refractivity contribution in [2.75, 3.05) is 13.1 Å². The smallest absolute Gasteiger partial charge is 0.242 e. The van der Waals surface area contributed by atoms with Crippen LogP contribution in [-0.4, -0.2) is 38.4 Å². The number of carbonyl (C=O) groups is 1. The van der Waals surface area contributed by atoms with Gasteiger partial charge in [0.15, 0.2) is 5.16 Å². The van der Waals surface area contributed by atoms with E-state index < -0.39 is 0 Å². The molecule has 3 aromatic rings. The highest BCUT2D eigenvalue weighted by Crippen LogP contribution is 2.27. The molecule has 28 heavy (non-hydrogen) atoms. The molecule has 2 aromatic heterocycles. The number of imidazole rings is 1. The molecule has 0 fully saturated rings. The van der Waals surface area contributed by atoms with Gasteiger partial charge in [-0.05, 0) is 36.6 Å². The van der Waals surface area contributed by atoms with Gasteiger partial charge in [0.05, 0.1) is 17.2 Å². The Morgan fingerprint density at radius 2 is 2.00 bits per heavy atom. The summed E-state index contributed by atoms with van der Waals surface area (Å²) in [5, 5.41) is 1.55. The lowest BCUT2D eigenvalue weighted by Gasteiger charge is -2.22. The summed E-state index contributed by atoms with van der Waals surface area (Å²) < 4.78 is 1.98. The molecule has 0 N–H and O–H groups in total. The van der Waals surface area contributed by atoms with Gasteiger partial charge in [-0.2, -0.15) is 0 Å². The molecule has 2 heterocycles.